The second-order valence-electron chi connectivity index (χ2n) is 8.44. The van der Waals surface area contributed by atoms with Crippen molar-refractivity contribution >= 4 is 39.4 Å². The number of carbonyl (C=O) groups excluding carboxylic acids is 1. The third-order valence-corrected chi connectivity index (χ3v) is 7.54. The number of anilines is 1. The molecule has 0 aliphatic carbocycles. The van der Waals surface area contributed by atoms with Crippen molar-refractivity contribution in [3.05, 3.63) is 125 Å². The summed E-state index contributed by atoms with van der Waals surface area (Å²) in [6.45, 7) is 1.82. The van der Waals surface area contributed by atoms with Crippen LogP contribution in [0.25, 0.3) is 0 Å². The fraction of sp³-hybridized carbons (Fsp3) is 0.103. The number of hydrogen-bond acceptors (Lipinski definition) is 5. The van der Waals surface area contributed by atoms with Gasteiger partial charge in [0.25, 0.3) is 15.9 Å². The zero-order valence-corrected chi connectivity index (χ0v) is 22.2. The quantitative estimate of drug-likeness (QED) is 0.207. The highest BCUT2D eigenvalue weighted by atomic mass is 35.5. The Morgan fingerprint density at radius 2 is 1.66 bits per heavy atom. The van der Waals surface area contributed by atoms with E-state index in [1.807, 2.05) is 25.1 Å². The molecule has 0 aliphatic rings. The van der Waals surface area contributed by atoms with E-state index in [1.165, 1.54) is 18.3 Å². The molecule has 0 saturated heterocycles. The number of para-hydroxylation sites is 1. The molecular formula is C29H26ClN3O4S. The maximum absolute atomic E-state index is 13.4. The summed E-state index contributed by atoms with van der Waals surface area (Å²) in [5, 5.41) is 4.64. The van der Waals surface area contributed by atoms with E-state index in [2.05, 4.69) is 10.5 Å². The molecule has 0 spiro atoms. The zero-order chi connectivity index (χ0) is 27.0. The molecule has 0 saturated carbocycles. The fourth-order valence-electron chi connectivity index (χ4n) is 3.53. The molecule has 0 fully saturated rings. The molecule has 1 N–H and O–H groups in total. The van der Waals surface area contributed by atoms with E-state index in [0.717, 1.165) is 21.0 Å². The molecule has 7 nitrogen and oxygen atoms in total. The van der Waals surface area contributed by atoms with Gasteiger partial charge in [0.05, 0.1) is 16.8 Å². The Balaban J connectivity index is 1.38. The number of hydrazone groups is 1. The Labute approximate surface area is 227 Å². The van der Waals surface area contributed by atoms with Crippen molar-refractivity contribution in [2.24, 2.45) is 5.10 Å². The van der Waals surface area contributed by atoms with Crippen molar-refractivity contribution in [2.45, 2.75) is 18.4 Å². The first-order valence-electron chi connectivity index (χ1n) is 11.7. The highest BCUT2D eigenvalue weighted by molar-refractivity contribution is 7.92. The van der Waals surface area contributed by atoms with Crippen molar-refractivity contribution in [1.82, 2.24) is 5.43 Å². The van der Waals surface area contributed by atoms with E-state index in [1.54, 1.807) is 72.8 Å². The van der Waals surface area contributed by atoms with Crippen LogP contribution in [0, 0.1) is 6.92 Å². The maximum atomic E-state index is 13.4. The van der Waals surface area contributed by atoms with Gasteiger partial charge in [-0.25, -0.2) is 13.8 Å². The number of nitrogens with zero attached hydrogens (tertiary/aromatic N) is 2. The number of benzene rings is 4. The standard InChI is InChI=1S/C29H26ClN3O4S/c1-22-10-16-28(17-11-22)38(35,36)33(26-8-3-2-4-9-26)20-29(34)32-31-19-23-12-14-27(15-13-23)37-21-24-6-5-7-25(30)18-24/h2-19H,20-21H2,1H3,(H,32,34)/b31-19-. The summed E-state index contributed by atoms with van der Waals surface area (Å²) in [6, 6.07) is 29.6. The normalized spacial score (nSPS) is 11.3. The van der Waals surface area contributed by atoms with Crippen LogP contribution in [-0.2, 0) is 21.4 Å². The van der Waals surface area contributed by atoms with Crippen LogP contribution in [0.2, 0.25) is 5.02 Å². The molecule has 0 aromatic heterocycles. The number of halogens is 1. The van der Waals surface area contributed by atoms with Gasteiger partial charge < -0.3 is 4.74 Å². The Kier molecular flexibility index (Phi) is 8.78. The van der Waals surface area contributed by atoms with Crippen LogP contribution in [-0.4, -0.2) is 27.1 Å². The van der Waals surface area contributed by atoms with E-state index >= 15 is 0 Å². The van der Waals surface area contributed by atoms with Crippen LogP contribution in [0.4, 0.5) is 5.69 Å². The van der Waals surface area contributed by atoms with Crippen LogP contribution >= 0.6 is 11.6 Å². The maximum Gasteiger partial charge on any atom is 0.264 e. The molecule has 0 aliphatic heterocycles. The molecule has 0 bridgehead atoms. The smallest absolute Gasteiger partial charge is 0.264 e. The van der Waals surface area contributed by atoms with Crippen molar-refractivity contribution in [3.8, 4) is 5.75 Å². The number of hydrogen-bond donors (Lipinski definition) is 1. The average molecular weight is 548 g/mol. The summed E-state index contributed by atoms with van der Waals surface area (Å²) in [7, 11) is -3.98. The monoisotopic (exact) mass is 547 g/mol. The molecule has 9 heteroatoms. The van der Waals surface area contributed by atoms with Crippen molar-refractivity contribution in [3.63, 3.8) is 0 Å². The van der Waals surface area contributed by atoms with Crippen molar-refractivity contribution in [2.75, 3.05) is 10.8 Å². The Morgan fingerprint density at radius 3 is 2.34 bits per heavy atom. The van der Waals surface area contributed by atoms with E-state index in [0.29, 0.717) is 23.1 Å². The summed E-state index contributed by atoms with van der Waals surface area (Å²) in [4.78, 5) is 12.8. The van der Waals surface area contributed by atoms with E-state index in [9.17, 15) is 13.2 Å². The second kappa shape index (κ2) is 12.4. The van der Waals surface area contributed by atoms with Gasteiger partial charge in [0.2, 0.25) is 0 Å². The predicted octanol–water partition coefficient (Wildman–Crippen LogP) is 5.57. The number of nitrogens with one attached hydrogen (secondary N) is 1. The second-order valence-corrected chi connectivity index (χ2v) is 10.7. The minimum Gasteiger partial charge on any atom is -0.489 e. The molecular weight excluding hydrogens is 522 g/mol. The lowest BCUT2D eigenvalue weighted by Crippen LogP contribution is -2.39. The number of carbonyl (C=O) groups is 1. The predicted molar refractivity (Wildman–Crippen MR) is 150 cm³/mol. The van der Waals surface area contributed by atoms with Gasteiger partial charge in [-0.15, -0.1) is 0 Å². The topological polar surface area (TPSA) is 88.1 Å². The van der Waals surface area contributed by atoms with E-state index < -0.39 is 22.5 Å². The zero-order valence-electron chi connectivity index (χ0n) is 20.6. The van der Waals surface area contributed by atoms with Crippen molar-refractivity contribution < 1.29 is 17.9 Å². The highest BCUT2D eigenvalue weighted by Crippen LogP contribution is 2.23. The highest BCUT2D eigenvalue weighted by Gasteiger charge is 2.27. The number of ether oxygens (including phenoxy) is 1. The summed E-state index contributed by atoms with van der Waals surface area (Å²) in [6.07, 6.45) is 1.47. The third kappa shape index (κ3) is 7.21. The lowest BCUT2D eigenvalue weighted by atomic mass is 10.2. The first-order chi connectivity index (χ1) is 18.3. The van der Waals surface area contributed by atoms with E-state index in [-0.39, 0.29) is 4.90 Å². The van der Waals surface area contributed by atoms with Gasteiger partial charge in [0.1, 0.15) is 18.9 Å². The fourth-order valence-corrected chi connectivity index (χ4v) is 5.17. The summed E-state index contributed by atoms with van der Waals surface area (Å²) >= 11 is 6.00. The van der Waals surface area contributed by atoms with Crippen LogP contribution < -0.4 is 14.5 Å². The van der Waals surface area contributed by atoms with E-state index in [4.69, 9.17) is 16.3 Å². The number of rotatable bonds is 10. The van der Waals surface area contributed by atoms with Crippen LogP contribution in [0.3, 0.4) is 0 Å². The van der Waals surface area contributed by atoms with Crippen LogP contribution in [0.1, 0.15) is 16.7 Å². The van der Waals surface area contributed by atoms with Gasteiger partial charge in [-0.1, -0.05) is 59.6 Å². The summed E-state index contributed by atoms with van der Waals surface area (Å²) < 4.78 is 33.5. The number of sulfonamides is 1. The van der Waals surface area contributed by atoms with Gasteiger partial charge in [-0.05, 0) is 78.7 Å². The number of amides is 1. The molecule has 194 valence electrons. The molecule has 1 amide bonds. The van der Waals surface area contributed by atoms with Gasteiger partial charge in [-0.3, -0.25) is 9.10 Å². The molecule has 0 atom stereocenters. The number of aryl methyl sites for hydroxylation is 1. The van der Waals surface area contributed by atoms with Gasteiger partial charge in [-0.2, -0.15) is 5.10 Å². The molecule has 4 aromatic carbocycles. The molecule has 4 rings (SSSR count). The van der Waals surface area contributed by atoms with Gasteiger partial charge in [0, 0.05) is 5.02 Å². The first-order valence-corrected chi connectivity index (χ1v) is 13.6. The molecule has 4 aromatic rings. The minimum atomic E-state index is -3.98. The lowest BCUT2D eigenvalue weighted by Gasteiger charge is -2.23. The Hall–Kier alpha value is -4.14. The average Bonchev–Trinajstić information content (AvgIpc) is 2.92. The third-order valence-electron chi connectivity index (χ3n) is 5.52. The Bertz CT molecular complexity index is 1510. The first kappa shape index (κ1) is 26.9. The summed E-state index contributed by atoms with van der Waals surface area (Å²) in [5.41, 5.74) is 5.41. The van der Waals surface area contributed by atoms with Gasteiger partial charge >= 0.3 is 0 Å². The molecule has 0 radical (unpaired) electrons. The molecule has 38 heavy (non-hydrogen) atoms. The largest absolute Gasteiger partial charge is 0.489 e. The minimum absolute atomic E-state index is 0.0981. The van der Waals surface area contributed by atoms with Crippen molar-refractivity contribution in [1.29, 1.82) is 0 Å². The van der Waals surface area contributed by atoms with Gasteiger partial charge in [0.15, 0.2) is 0 Å². The Morgan fingerprint density at radius 1 is 0.947 bits per heavy atom. The molecule has 0 unspecified atom stereocenters. The molecule has 0 heterocycles. The van der Waals surface area contributed by atoms with Crippen LogP contribution in [0.15, 0.2) is 113 Å². The lowest BCUT2D eigenvalue weighted by molar-refractivity contribution is -0.119. The SMILES string of the molecule is Cc1ccc(S(=O)(=O)N(CC(=O)N/N=C\c2ccc(OCc3cccc(Cl)c3)cc2)c2ccccc2)cc1. The van der Waals surface area contributed by atoms with Crippen LogP contribution in [0.5, 0.6) is 5.75 Å². The summed E-state index contributed by atoms with van der Waals surface area (Å²) in [5.74, 6) is 0.0910.